The Bertz CT molecular complexity index is 474. The molecule has 1 aromatic rings. The lowest BCUT2D eigenvalue weighted by atomic mass is 9.95. The fraction of sp³-hybridized carbons (Fsp3) is 0.385. The van der Waals surface area contributed by atoms with Gasteiger partial charge in [0, 0.05) is 25.9 Å². The zero-order valence-electron chi connectivity index (χ0n) is 11.1. The van der Waals surface area contributed by atoms with Crippen LogP contribution in [-0.2, 0) is 6.54 Å². The second kappa shape index (κ2) is 6.76. The maximum atomic E-state index is 5.73. The number of nitrogens with zero attached hydrogens (tertiary/aromatic N) is 4. The van der Waals surface area contributed by atoms with Crippen molar-refractivity contribution in [2.24, 2.45) is 26.2 Å². The highest BCUT2D eigenvalue weighted by atomic mass is 15.3. The summed E-state index contributed by atoms with van der Waals surface area (Å²) in [6.45, 7) is 8.12. The third-order valence-electron chi connectivity index (χ3n) is 2.61. The van der Waals surface area contributed by atoms with Gasteiger partial charge in [0.05, 0.1) is 0 Å². The van der Waals surface area contributed by atoms with Crippen LogP contribution in [0.5, 0.6) is 0 Å². The van der Waals surface area contributed by atoms with Crippen molar-refractivity contribution < 1.29 is 0 Å². The summed E-state index contributed by atoms with van der Waals surface area (Å²) in [5.74, 6) is 0.845. The van der Waals surface area contributed by atoms with E-state index in [-0.39, 0.29) is 0 Å². The quantitative estimate of drug-likeness (QED) is 0.376. The van der Waals surface area contributed by atoms with Crippen molar-refractivity contribution in [2.75, 3.05) is 7.05 Å². The highest BCUT2D eigenvalue weighted by Crippen LogP contribution is 2.21. The van der Waals surface area contributed by atoms with Gasteiger partial charge in [0.25, 0.3) is 0 Å². The zero-order chi connectivity index (χ0) is 13.5. The van der Waals surface area contributed by atoms with Crippen LogP contribution in [0.3, 0.4) is 0 Å². The molecule has 0 aliphatic heterocycles. The first-order chi connectivity index (χ1) is 8.63. The minimum atomic E-state index is 0.389. The lowest BCUT2D eigenvalue weighted by Gasteiger charge is -2.12. The summed E-state index contributed by atoms with van der Waals surface area (Å²) in [5, 5.41) is 15.1. The summed E-state index contributed by atoms with van der Waals surface area (Å²) >= 11 is 0. The number of hydrogen-bond acceptors (Lipinski definition) is 4. The molecule has 0 amide bonds. The first kappa shape index (κ1) is 14.2. The van der Waals surface area contributed by atoms with Crippen molar-refractivity contribution in [3.63, 3.8) is 0 Å². The Labute approximate surface area is 108 Å². The molecule has 96 valence electrons. The maximum Gasteiger partial charge on any atom is 0.203 e. The number of amidine groups is 1. The monoisotopic (exact) mass is 245 g/mol. The third-order valence-corrected chi connectivity index (χ3v) is 2.61. The Morgan fingerprint density at radius 1 is 1.39 bits per heavy atom. The van der Waals surface area contributed by atoms with Gasteiger partial charge >= 0.3 is 0 Å². The molecule has 0 radical (unpaired) electrons. The van der Waals surface area contributed by atoms with E-state index in [1.807, 2.05) is 18.2 Å². The molecule has 0 bridgehead atoms. The van der Waals surface area contributed by atoms with Gasteiger partial charge in [-0.1, -0.05) is 26.0 Å². The van der Waals surface area contributed by atoms with Crippen LogP contribution in [0.2, 0.25) is 0 Å². The van der Waals surface area contributed by atoms with Crippen LogP contribution in [0, 0.1) is 0 Å². The molecule has 0 atom stereocenters. The number of rotatable bonds is 4. The van der Waals surface area contributed by atoms with E-state index < -0.39 is 0 Å². The van der Waals surface area contributed by atoms with Gasteiger partial charge in [-0.05, 0) is 23.1 Å². The molecule has 2 N–H and O–H groups in total. The highest BCUT2D eigenvalue weighted by molar-refractivity contribution is 5.99. The van der Waals surface area contributed by atoms with E-state index in [0.29, 0.717) is 18.3 Å². The van der Waals surface area contributed by atoms with Gasteiger partial charge < -0.3 is 5.73 Å². The van der Waals surface area contributed by atoms with Crippen molar-refractivity contribution >= 4 is 12.6 Å². The van der Waals surface area contributed by atoms with Crippen molar-refractivity contribution in [2.45, 2.75) is 26.3 Å². The van der Waals surface area contributed by atoms with Crippen LogP contribution in [0.4, 0.5) is 0 Å². The molecule has 0 saturated carbocycles. The second-order valence-corrected chi connectivity index (χ2v) is 4.14. The fourth-order valence-electron chi connectivity index (χ4n) is 1.75. The molecule has 1 aromatic carbocycles. The lowest BCUT2D eigenvalue weighted by molar-refractivity contribution is 0.839. The Hall–Kier alpha value is -1.88. The topological polar surface area (TPSA) is 75.5 Å². The van der Waals surface area contributed by atoms with E-state index in [0.717, 1.165) is 11.1 Å². The molecule has 0 unspecified atom stereocenters. The van der Waals surface area contributed by atoms with Crippen molar-refractivity contribution in [1.82, 2.24) is 0 Å². The highest BCUT2D eigenvalue weighted by Gasteiger charge is 2.10. The largest absolute Gasteiger partial charge is 0.326 e. The van der Waals surface area contributed by atoms with E-state index in [4.69, 9.17) is 5.73 Å². The van der Waals surface area contributed by atoms with Gasteiger partial charge in [-0.25, -0.2) is 0 Å². The first-order valence-corrected chi connectivity index (χ1v) is 5.80. The molecule has 0 heterocycles. The molecule has 5 nitrogen and oxygen atoms in total. The molecule has 5 heteroatoms. The number of nitrogens with two attached hydrogens (primary N) is 1. The van der Waals surface area contributed by atoms with Crippen molar-refractivity contribution in [3.05, 3.63) is 34.9 Å². The first-order valence-electron chi connectivity index (χ1n) is 5.80. The predicted molar refractivity (Wildman–Crippen MR) is 75.3 cm³/mol. The minimum Gasteiger partial charge on any atom is -0.326 e. The number of benzene rings is 1. The molecular formula is C13H19N5. The SMILES string of the molecule is C=N/N=C(\N=N/C)c1ccc(CN)c(C(C)C)c1. The molecule has 1 rings (SSSR count). The molecule has 18 heavy (non-hydrogen) atoms. The summed E-state index contributed by atoms with van der Waals surface area (Å²) in [4.78, 5) is 0. The van der Waals surface area contributed by atoms with Gasteiger partial charge in [0.1, 0.15) is 0 Å². The Morgan fingerprint density at radius 2 is 2.11 bits per heavy atom. The average Bonchev–Trinajstić information content (AvgIpc) is 2.37. The van der Waals surface area contributed by atoms with E-state index in [9.17, 15) is 0 Å². The van der Waals surface area contributed by atoms with E-state index in [1.54, 1.807) is 7.05 Å². The van der Waals surface area contributed by atoms with Gasteiger partial charge in [-0.15, -0.1) is 10.2 Å². The molecule has 0 fully saturated rings. The van der Waals surface area contributed by atoms with E-state index >= 15 is 0 Å². The molecule has 0 saturated heterocycles. The van der Waals surface area contributed by atoms with Gasteiger partial charge in [0.2, 0.25) is 5.84 Å². The van der Waals surface area contributed by atoms with Gasteiger partial charge in [-0.2, -0.15) is 10.2 Å². The van der Waals surface area contributed by atoms with Crippen LogP contribution < -0.4 is 5.73 Å². The lowest BCUT2D eigenvalue weighted by Crippen LogP contribution is -2.06. The standard InChI is InChI=1S/C13H19N5/c1-9(2)12-7-10(5-6-11(12)8-14)13(17-15-3)18-16-4/h5-7,9H,3,8,14H2,1-2,4H3/b17-13-,18-16-. The van der Waals surface area contributed by atoms with Crippen molar-refractivity contribution in [1.29, 1.82) is 0 Å². The summed E-state index contributed by atoms with van der Waals surface area (Å²) in [7, 11) is 1.59. The van der Waals surface area contributed by atoms with Gasteiger partial charge in [0.15, 0.2) is 0 Å². The van der Waals surface area contributed by atoms with Crippen molar-refractivity contribution in [3.8, 4) is 0 Å². The Balaban J connectivity index is 3.29. The summed E-state index contributed by atoms with van der Waals surface area (Å²) in [6.07, 6.45) is 0. The minimum absolute atomic E-state index is 0.389. The predicted octanol–water partition coefficient (Wildman–Crippen LogP) is 2.71. The molecular weight excluding hydrogens is 226 g/mol. The Morgan fingerprint density at radius 3 is 2.61 bits per heavy atom. The zero-order valence-corrected chi connectivity index (χ0v) is 11.1. The third kappa shape index (κ3) is 3.30. The van der Waals surface area contributed by atoms with Crippen LogP contribution in [-0.4, -0.2) is 19.6 Å². The molecule has 0 aliphatic carbocycles. The normalized spacial score (nSPS) is 12.4. The summed E-state index contributed by atoms with van der Waals surface area (Å²) in [5.41, 5.74) is 8.93. The maximum absolute atomic E-state index is 5.73. The van der Waals surface area contributed by atoms with Crippen LogP contribution in [0.15, 0.2) is 38.6 Å². The molecule has 0 spiro atoms. The molecule has 0 aliphatic rings. The van der Waals surface area contributed by atoms with E-state index in [2.05, 4.69) is 41.0 Å². The fourth-order valence-corrected chi connectivity index (χ4v) is 1.75. The number of hydrogen-bond donors (Lipinski definition) is 1. The average molecular weight is 245 g/mol. The Kier molecular flexibility index (Phi) is 5.32. The molecule has 0 aromatic heterocycles. The smallest absolute Gasteiger partial charge is 0.203 e. The van der Waals surface area contributed by atoms with Gasteiger partial charge in [-0.3, -0.25) is 0 Å². The summed E-state index contributed by atoms with van der Waals surface area (Å²) in [6, 6.07) is 5.95. The van der Waals surface area contributed by atoms with Crippen LogP contribution in [0.25, 0.3) is 0 Å². The van der Waals surface area contributed by atoms with Crippen LogP contribution in [0.1, 0.15) is 36.5 Å². The number of azo groups is 1. The second-order valence-electron chi connectivity index (χ2n) is 4.14. The van der Waals surface area contributed by atoms with Crippen LogP contribution >= 0.6 is 0 Å². The van der Waals surface area contributed by atoms with E-state index in [1.165, 1.54) is 5.56 Å². The summed E-state index contributed by atoms with van der Waals surface area (Å²) < 4.78 is 0.